The van der Waals surface area contributed by atoms with Crippen molar-refractivity contribution in [3.05, 3.63) is 90.8 Å². The quantitative estimate of drug-likeness (QED) is 0.420. The van der Waals surface area contributed by atoms with Gasteiger partial charge in [-0.25, -0.2) is 14.8 Å². The first-order chi connectivity index (χ1) is 18.5. The molecule has 1 aromatic carbocycles. The van der Waals surface area contributed by atoms with Gasteiger partial charge in [-0.1, -0.05) is 88.4 Å². The average molecular weight is 528 g/mol. The highest BCUT2D eigenvalue weighted by Crippen LogP contribution is 2.28. The van der Waals surface area contributed by atoms with Crippen LogP contribution in [0.1, 0.15) is 58.6 Å². The SMILES string of the molecule is C=CC.CC1CCN(C(=O)C(C)Cc2ccc(-c3ncc(C4=CC=CC(C)(C)C=C4)cn3)cc2)C(C(=O)O)C1. The first kappa shape index (κ1) is 29.8. The van der Waals surface area contributed by atoms with Gasteiger partial charge in [0.05, 0.1) is 0 Å². The lowest BCUT2D eigenvalue weighted by Crippen LogP contribution is -2.51. The maximum Gasteiger partial charge on any atom is 0.326 e. The molecular formula is C33H41N3O3. The standard InChI is InChI=1S/C30H35N3O3.C3H6/c1-20-12-15-33(26(16-20)29(35)36)28(34)21(2)17-22-7-9-24(10-8-22)27-31-18-25(19-32-27)23-6-5-13-30(3,4)14-11-23;1-3-2/h5-11,13-14,18-21,26H,12,15-17H2,1-4H3,(H,35,36);3H,1H2,2H3. The lowest BCUT2D eigenvalue weighted by Gasteiger charge is -2.37. The predicted octanol–water partition coefficient (Wildman–Crippen LogP) is 6.76. The van der Waals surface area contributed by atoms with Crippen molar-refractivity contribution in [1.82, 2.24) is 14.9 Å². The van der Waals surface area contributed by atoms with Gasteiger partial charge in [0.25, 0.3) is 0 Å². The number of hydrogen-bond donors (Lipinski definition) is 1. The molecule has 0 saturated carbocycles. The van der Waals surface area contributed by atoms with Crippen molar-refractivity contribution < 1.29 is 14.7 Å². The van der Waals surface area contributed by atoms with Crippen LogP contribution in [-0.4, -0.2) is 44.4 Å². The fourth-order valence-corrected chi connectivity index (χ4v) is 4.79. The Kier molecular flexibility index (Phi) is 10.2. The van der Waals surface area contributed by atoms with Crippen molar-refractivity contribution in [1.29, 1.82) is 0 Å². The Hall–Kier alpha value is -3.80. The van der Waals surface area contributed by atoms with Gasteiger partial charge in [-0.15, -0.1) is 6.58 Å². The van der Waals surface area contributed by atoms with Crippen LogP contribution in [0.4, 0.5) is 0 Å². The molecule has 2 aliphatic rings. The Bertz CT molecular complexity index is 1240. The number of carboxylic acid groups (broad SMARTS) is 1. The largest absolute Gasteiger partial charge is 0.480 e. The zero-order valence-electron chi connectivity index (χ0n) is 23.8. The van der Waals surface area contributed by atoms with Gasteiger partial charge in [-0.2, -0.15) is 0 Å². The fourth-order valence-electron chi connectivity index (χ4n) is 4.79. The molecule has 2 heterocycles. The van der Waals surface area contributed by atoms with Gasteiger partial charge >= 0.3 is 5.97 Å². The van der Waals surface area contributed by atoms with Gasteiger partial charge < -0.3 is 10.0 Å². The first-order valence-corrected chi connectivity index (χ1v) is 13.7. The molecule has 1 saturated heterocycles. The number of rotatable bonds is 6. The molecule has 6 nitrogen and oxygen atoms in total. The summed E-state index contributed by atoms with van der Waals surface area (Å²) in [6, 6.07) is 7.21. The third kappa shape index (κ3) is 8.09. The number of allylic oxidation sites excluding steroid dienone is 7. The molecule has 3 atom stereocenters. The Labute approximate surface area is 232 Å². The third-order valence-electron chi connectivity index (χ3n) is 7.09. The maximum atomic E-state index is 13.1. The van der Waals surface area contributed by atoms with Crippen LogP contribution in [0.3, 0.4) is 0 Å². The van der Waals surface area contributed by atoms with Gasteiger partial charge in [0, 0.05) is 41.4 Å². The van der Waals surface area contributed by atoms with Crippen LogP contribution in [-0.2, 0) is 16.0 Å². The summed E-state index contributed by atoms with van der Waals surface area (Å²) in [5.74, 6) is -0.322. The summed E-state index contributed by atoms with van der Waals surface area (Å²) in [5.41, 5.74) is 4.00. The van der Waals surface area contributed by atoms with E-state index in [1.807, 2.05) is 57.4 Å². The lowest BCUT2D eigenvalue weighted by atomic mass is 9.90. The predicted molar refractivity (Wildman–Crippen MR) is 158 cm³/mol. The first-order valence-electron chi connectivity index (χ1n) is 13.7. The zero-order chi connectivity index (χ0) is 28.6. The second-order valence-corrected chi connectivity index (χ2v) is 11.2. The minimum Gasteiger partial charge on any atom is -0.480 e. The number of carbonyl (C=O) groups is 2. The topological polar surface area (TPSA) is 83.4 Å². The number of aromatic nitrogens is 2. The smallest absolute Gasteiger partial charge is 0.326 e. The second-order valence-electron chi connectivity index (χ2n) is 11.2. The lowest BCUT2D eigenvalue weighted by molar-refractivity contribution is -0.154. The van der Waals surface area contributed by atoms with Crippen molar-refractivity contribution in [3.63, 3.8) is 0 Å². The Morgan fingerprint density at radius 3 is 2.41 bits per heavy atom. The van der Waals surface area contributed by atoms with E-state index in [1.54, 1.807) is 11.0 Å². The number of likely N-dealkylation sites (tertiary alicyclic amines) is 1. The third-order valence-corrected chi connectivity index (χ3v) is 7.09. The van der Waals surface area contributed by atoms with Gasteiger partial charge in [-0.05, 0) is 43.2 Å². The highest BCUT2D eigenvalue weighted by atomic mass is 16.4. The van der Waals surface area contributed by atoms with Crippen LogP contribution in [0.25, 0.3) is 17.0 Å². The molecule has 3 unspecified atom stereocenters. The fraction of sp³-hybridized carbons (Fsp3) is 0.394. The van der Waals surface area contributed by atoms with E-state index >= 15 is 0 Å². The molecule has 1 aliphatic heterocycles. The molecule has 1 amide bonds. The molecule has 0 radical (unpaired) electrons. The molecule has 0 bridgehead atoms. The van der Waals surface area contributed by atoms with E-state index in [0.29, 0.717) is 31.1 Å². The normalized spacial score (nSPS) is 20.6. The minimum atomic E-state index is -0.913. The molecule has 2 aromatic rings. The highest BCUT2D eigenvalue weighted by molar-refractivity contribution is 5.85. The van der Waals surface area contributed by atoms with Crippen molar-refractivity contribution in [2.45, 2.75) is 59.9 Å². The van der Waals surface area contributed by atoms with E-state index < -0.39 is 12.0 Å². The van der Waals surface area contributed by atoms with E-state index in [0.717, 1.165) is 28.7 Å². The Morgan fingerprint density at radius 1 is 1.15 bits per heavy atom. The monoisotopic (exact) mass is 527 g/mol. The zero-order valence-corrected chi connectivity index (χ0v) is 23.8. The molecule has 6 heteroatoms. The number of carbonyl (C=O) groups excluding carboxylic acids is 1. The number of carboxylic acids is 1. The summed E-state index contributed by atoms with van der Waals surface area (Å²) in [4.78, 5) is 35.5. The van der Waals surface area contributed by atoms with Crippen LogP contribution < -0.4 is 0 Å². The molecular weight excluding hydrogens is 486 g/mol. The summed E-state index contributed by atoms with van der Waals surface area (Å²) in [7, 11) is 0. The second kappa shape index (κ2) is 13.3. The Balaban J connectivity index is 0.00000134. The van der Waals surface area contributed by atoms with Crippen molar-refractivity contribution >= 4 is 17.4 Å². The number of piperidine rings is 1. The van der Waals surface area contributed by atoms with E-state index in [1.165, 1.54) is 0 Å². The van der Waals surface area contributed by atoms with Gasteiger partial charge in [0.1, 0.15) is 6.04 Å². The molecule has 1 fully saturated rings. The molecule has 4 rings (SSSR count). The maximum absolute atomic E-state index is 13.1. The van der Waals surface area contributed by atoms with Gasteiger partial charge in [0.15, 0.2) is 5.82 Å². The molecule has 1 aliphatic carbocycles. The van der Waals surface area contributed by atoms with E-state index in [9.17, 15) is 14.7 Å². The number of nitrogens with zero attached hydrogens (tertiary/aromatic N) is 3. The van der Waals surface area contributed by atoms with Crippen molar-refractivity contribution in [2.24, 2.45) is 17.3 Å². The van der Waals surface area contributed by atoms with Crippen LogP contribution in [0.15, 0.2) is 79.7 Å². The van der Waals surface area contributed by atoms with Crippen LogP contribution in [0, 0.1) is 17.3 Å². The van der Waals surface area contributed by atoms with Gasteiger partial charge in [-0.3, -0.25) is 4.79 Å². The number of benzene rings is 1. The van der Waals surface area contributed by atoms with Crippen molar-refractivity contribution in [2.75, 3.05) is 6.54 Å². The summed E-state index contributed by atoms with van der Waals surface area (Å²) >= 11 is 0. The summed E-state index contributed by atoms with van der Waals surface area (Å²) in [6.07, 6.45) is 18.0. The Morgan fingerprint density at radius 2 is 1.79 bits per heavy atom. The van der Waals surface area contributed by atoms with E-state index in [-0.39, 0.29) is 17.2 Å². The number of amides is 1. The molecule has 206 valence electrons. The summed E-state index contributed by atoms with van der Waals surface area (Å²) < 4.78 is 0. The van der Waals surface area contributed by atoms with E-state index in [2.05, 4.69) is 60.8 Å². The number of aliphatic carboxylic acids is 1. The van der Waals surface area contributed by atoms with Crippen LogP contribution in [0.2, 0.25) is 0 Å². The molecule has 0 spiro atoms. The average Bonchev–Trinajstić information content (AvgIpc) is 3.09. The molecule has 39 heavy (non-hydrogen) atoms. The highest BCUT2D eigenvalue weighted by Gasteiger charge is 2.36. The summed E-state index contributed by atoms with van der Waals surface area (Å²) in [5, 5.41) is 9.59. The van der Waals surface area contributed by atoms with E-state index in [4.69, 9.17) is 0 Å². The van der Waals surface area contributed by atoms with Crippen LogP contribution in [0.5, 0.6) is 0 Å². The minimum absolute atomic E-state index is 0.0211. The summed E-state index contributed by atoms with van der Waals surface area (Å²) in [6.45, 7) is 14.0. The van der Waals surface area contributed by atoms with Crippen LogP contribution >= 0.6 is 0 Å². The molecule has 1 N–H and O–H groups in total. The van der Waals surface area contributed by atoms with Crippen molar-refractivity contribution in [3.8, 4) is 11.4 Å². The number of hydrogen-bond acceptors (Lipinski definition) is 4. The molecule has 1 aromatic heterocycles. The van der Waals surface area contributed by atoms with Gasteiger partial charge in [0.2, 0.25) is 5.91 Å².